The Hall–Kier alpha value is -3.54. The summed E-state index contributed by atoms with van der Waals surface area (Å²) in [5, 5.41) is 5.29. The molecule has 1 amide bonds. The van der Waals surface area contributed by atoms with E-state index in [1.165, 1.54) is 0 Å². The molecule has 0 spiro atoms. The van der Waals surface area contributed by atoms with Crippen LogP contribution in [0.2, 0.25) is 0 Å². The first-order valence-corrected chi connectivity index (χ1v) is 10.2. The molecule has 4 aromatic rings. The number of para-hydroxylation sites is 1. The Morgan fingerprint density at radius 1 is 1.13 bits per heavy atom. The van der Waals surface area contributed by atoms with Crippen molar-refractivity contribution >= 4 is 16.8 Å². The second-order valence-electron chi connectivity index (χ2n) is 7.55. The molecule has 0 aliphatic heterocycles. The van der Waals surface area contributed by atoms with Gasteiger partial charge in [-0.3, -0.25) is 14.5 Å². The number of amides is 1. The summed E-state index contributed by atoms with van der Waals surface area (Å²) in [5.41, 5.74) is 4.17. The van der Waals surface area contributed by atoms with E-state index in [-0.39, 0.29) is 11.9 Å². The molecule has 0 atom stereocenters. The third-order valence-corrected chi connectivity index (χ3v) is 5.16. The molecule has 0 aliphatic rings. The molecular weight excluding hydrogens is 374 g/mol. The third-order valence-electron chi connectivity index (χ3n) is 5.16. The molecule has 1 aromatic carbocycles. The van der Waals surface area contributed by atoms with Crippen LogP contribution in [0.1, 0.15) is 42.7 Å². The minimum atomic E-state index is -0.00888. The van der Waals surface area contributed by atoms with E-state index < -0.39 is 0 Å². The van der Waals surface area contributed by atoms with Gasteiger partial charge in [-0.05, 0) is 50.6 Å². The number of hydrogen-bond acceptors (Lipinski definition) is 4. The fourth-order valence-electron chi connectivity index (χ4n) is 3.46. The largest absolute Gasteiger partial charge is 0.335 e. The normalized spacial score (nSPS) is 11.2. The molecule has 3 heterocycles. The van der Waals surface area contributed by atoms with Crippen LogP contribution in [0.25, 0.3) is 22.2 Å². The first-order chi connectivity index (χ1) is 14.6. The number of rotatable bonds is 6. The van der Waals surface area contributed by atoms with Gasteiger partial charge in [0, 0.05) is 48.7 Å². The molecule has 152 valence electrons. The number of fused-ring (bicyclic) bond motifs is 1. The lowest BCUT2D eigenvalue weighted by molar-refractivity contribution is 0.0754. The van der Waals surface area contributed by atoms with Gasteiger partial charge in [0.2, 0.25) is 0 Å². The lowest BCUT2D eigenvalue weighted by Gasteiger charge is -2.22. The van der Waals surface area contributed by atoms with Crippen molar-refractivity contribution < 1.29 is 4.79 Å². The number of carbonyl (C=O) groups is 1. The monoisotopic (exact) mass is 399 g/mol. The van der Waals surface area contributed by atoms with Crippen LogP contribution in [0, 0.1) is 0 Å². The minimum Gasteiger partial charge on any atom is -0.335 e. The second-order valence-corrected chi connectivity index (χ2v) is 7.55. The summed E-state index contributed by atoms with van der Waals surface area (Å²) >= 11 is 0. The van der Waals surface area contributed by atoms with Crippen molar-refractivity contribution in [3.05, 3.63) is 78.4 Å². The molecule has 4 rings (SSSR count). The molecule has 0 unspecified atom stereocenters. The number of carbonyl (C=O) groups excluding carboxylic acids is 1. The molecule has 0 aliphatic carbocycles. The number of aromatic nitrogens is 4. The van der Waals surface area contributed by atoms with Crippen molar-refractivity contribution in [3.63, 3.8) is 0 Å². The summed E-state index contributed by atoms with van der Waals surface area (Å²) in [6.45, 7) is 7.30. The van der Waals surface area contributed by atoms with Gasteiger partial charge in [0.1, 0.15) is 0 Å². The Morgan fingerprint density at radius 2 is 1.90 bits per heavy atom. The van der Waals surface area contributed by atoms with Gasteiger partial charge in [-0.15, -0.1) is 0 Å². The molecular formula is C24H25N5O. The maximum absolute atomic E-state index is 13.6. The summed E-state index contributed by atoms with van der Waals surface area (Å²) in [7, 11) is 0. The van der Waals surface area contributed by atoms with Gasteiger partial charge in [-0.25, -0.2) is 4.98 Å². The molecule has 30 heavy (non-hydrogen) atoms. The Morgan fingerprint density at radius 3 is 2.60 bits per heavy atom. The molecule has 0 saturated carbocycles. The lowest BCUT2D eigenvalue weighted by Crippen LogP contribution is -2.30. The summed E-state index contributed by atoms with van der Waals surface area (Å²) in [5.74, 6) is -0.00888. The molecule has 6 nitrogen and oxygen atoms in total. The van der Waals surface area contributed by atoms with E-state index in [1.54, 1.807) is 18.6 Å². The van der Waals surface area contributed by atoms with Gasteiger partial charge in [0.15, 0.2) is 0 Å². The minimum absolute atomic E-state index is 0.00888. The van der Waals surface area contributed by atoms with Gasteiger partial charge in [-0.2, -0.15) is 5.10 Å². The number of hydrogen-bond donors (Lipinski definition) is 0. The number of nitrogens with zero attached hydrogens (tertiary/aromatic N) is 5. The zero-order chi connectivity index (χ0) is 21.1. The molecule has 0 radical (unpaired) electrons. The molecule has 3 aromatic heterocycles. The number of pyridine rings is 2. The predicted octanol–water partition coefficient (Wildman–Crippen LogP) is 4.74. The SMILES string of the molecule is CCN(Cc1ccncc1)C(=O)c1cc(-c2cnn(C(C)C)c2)nc2ccccc12. The molecule has 0 bridgehead atoms. The summed E-state index contributed by atoms with van der Waals surface area (Å²) in [6, 6.07) is 13.8. The fourth-order valence-corrected chi connectivity index (χ4v) is 3.46. The lowest BCUT2D eigenvalue weighted by atomic mass is 10.0. The average Bonchev–Trinajstić information content (AvgIpc) is 3.28. The van der Waals surface area contributed by atoms with Gasteiger partial charge in [0.05, 0.1) is 23.0 Å². The summed E-state index contributed by atoms with van der Waals surface area (Å²) < 4.78 is 1.90. The maximum Gasteiger partial charge on any atom is 0.254 e. The van der Waals surface area contributed by atoms with Crippen LogP contribution >= 0.6 is 0 Å². The van der Waals surface area contributed by atoms with Crippen molar-refractivity contribution in [1.29, 1.82) is 0 Å². The van der Waals surface area contributed by atoms with Crippen LogP contribution < -0.4 is 0 Å². The zero-order valence-corrected chi connectivity index (χ0v) is 17.5. The van der Waals surface area contributed by atoms with Crippen LogP contribution in [0.4, 0.5) is 0 Å². The highest BCUT2D eigenvalue weighted by molar-refractivity contribution is 6.07. The van der Waals surface area contributed by atoms with Crippen molar-refractivity contribution in [2.75, 3.05) is 6.54 Å². The summed E-state index contributed by atoms with van der Waals surface area (Å²) in [6.07, 6.45) is 7.28. The van der Waals surface area contributed by atoms with Gasteiger partial charge in [-0.1, -0.05) is 18.2 Å². The highest BCUT2D eigenvalue weighted by Crippen LogP contribution is 2.26. The number of benzene rings is 1. The molecule has 0 N–H and O–H groups in total. The average molecular weight is 399 g/mol. The van der Waals surface area contributed by atoms with Crippen LogP contribution in [-0.4, -0.2) is 37.1 Å². The van der Waals surface area contributed by atoms with Crippen LogP contribution in [0.3, 0.4) is 0 Å². The predicted molar refractivity (Wildman–Crippen MR) is 118 cm³/mol. The van der Waals surface area contributed by atoms with Crippen molar-refractivity contribution in [2.45, 2.75) is 33.4 Å². The van der Waals surface area contributed by atoms with E-state index in [9.17, 15) is 4.79 Å². The van der Waals surface area contributed by atoms with E-state index in [1.807, 2.05) is 65.2 Å². The van der Waals surface area contributed by atoms with Gasteiger partial charge >= 0.3 is 0 Å². The Labute approximate surface area is 176 Å². The van der Waals surface area contributed by atoms with Gasteiger partial charge in [0.25, 0.3) is 5.91 Å². The van der Waals surface area contributed by atoms with E-state index in [0.717, 1.165) is 27.7 Å². The van der Waals surface area contributed by atoms with Crippen molar-refractivity contribution in [1.82, 2.24) is 24.6 Å². The maximum atomic E-state index is 13.6. The van der Waals surface area contributed by atoms with Crippen molar-refractivity contribution in [3.8, 4) is 11.3 Å². The van der Waals surface area contributed by atoms with E-state index in [4.69, 9.17) is 4.98 Å². The quantitative estimate of drug-likeness (QED) is 0.470. The Kier molecular flexibility index (Phi) is 5.57. The van der Waals surface area contributed by atoms with Crippen LogP contribution in [0.15, 0.2) is 67.3 Å². The van der Waals surface area contributed by atoms with E-state index in [0.29, 0.717) is 18.7 Å². The second kappa shape index (κ2) is 8.45. The zero-order valence-electron chi connectivity index (χ0n) is 17.5. The molecule has 6 heteroatoms. The first kappa shape index (κ1) is 19.8. The Balaban J connectivity index is 1.77. The topological polar surface area (TPSA) is 63.9 Å². The van der Waals surface area contributed by atoms with Crippen LogP contribution in [-0.2, 0) is 6.54 Å². The third kappa shape index (κ3) is 3.94. The smallest absolute Gasteiger partial charge is 0.254 e. The Bertz CT molecular complexity index is 1170. The molecule has 0 saturated heterocycles. The van der Waals surface area contributed by atoms with E-state index in [2.05, 4.69) is 23.9 Å². The highest BCUT2D eigenvalue weighted by Gasteiger charge is 2.20. The van der Waals surface area contributed by atoms with E-state index >= 15 is 0 Å². The van der Waals surface area contributed by atoms with Crippen molar-refractivity contribution in [2.24, 2.45) is 0 Å². The molecule has 0 fully saturated rings. The highest BCUT2D eigenvalue weighted by atomic mass is 16.2. The first-order valence-electron chi connectivity index (χ1n) is 10.2. The van der Waals surface area contributed by atoms with Gasteiger partial charge < -0.3 is 4.90 Å². The van der Waals surface area contributed by atoms with Crippen LogP contribution in [0.5, 0.6) is 0 Å². The fraction of sp³-hybridized carbons (Fsp3) is 0.250. The standard InChI is InChI=1S/C24H25N5O/c1-4-28(15-18-9-11-25-12-10-18)24(30)21-13-23(19-14-26-29(16-19)17(2)3)27-22-8-6-5-7-20(21)22/h5-14,16-17H,4,15H2,1-3H3. The summed E-state index contributed by atoms with van der Waals surface area (Å²) in [4.78, 5) is 24.3.